The summed E-state index contributed by atoms with van der Waals surface area (Å²) in [5.74, 6) is -0.0449. The van der Waals surface area contributed by atoms with Gasteiger partial charge in [-0.2, -0.15) is 0 Å². The first-order valence-electron chi connectivity index (χ1n) is 4.93. The lowest BCUT2D eigenvalue weighted by atomic mass is 10.1. The summed E-state index contributed by atoms with van der Waals surface area (Å²) in [5, 5.41) is 7.37. The molecule has 0 heterocycles. The van der Waals surface area contributed by atoms with Crippen LogP contribution < -0.4 is 0 Å². The van der Waals surface area contributed by atoms with E-state index in [0.717, 1.165) is 5.56 Å². The summed E-state index contributed by atoms with van der Waals surface area (Å²) >= 11 is 0. The van der Waals surface area contributed by atoms with Crippen LogP contribution in [0.5, 0.6) is 0 Å². The Kier molecular flexibility index (Phi) is 4.03. The van der Waals surface area contributed by atoms with Gasteiger partial charge in [-0.05, 0) is 13.8 Å². The van der Waals surface area contributed by atoms with Gasteiger partial charge in [0.25, 0.3) is 0 Å². The Morgan fingerprint density at radius 3 is 2.47 bits per heavy atom. The van der Waals surface area contributed by atoms with E-state index in [1.54, 1.807) is 19.1 Å². The van der Waals surface area contributed by atoms with Gasteiger partial charge in [-0.1, -0.05) is 29.8 Å². The zero-order chi connectivity index (χ0) is 11.3. The summed E-state index contributed by atoms with van der Waals surface area (Å²) in [4.78, 5) is 11.6. The van der Waals surface area contributed by atoms with Gasteiger partial charge in [-0.15, -0.1) is 0 Å². The third-order valence-electron chi connectivity index (χ3n) is 2.01. The molecule has 0 amide bonds. The van der Waals surface area contributed by atoms with Crippen molar-refractivity contribution in [3.63, 3.8) is 0 Å². The monoisotopic (exact) mass is 205 g/mol. The maximum absolute atomic E-state index is 11.6. The van der Waals surface area contributed by atoms with Crippen LogP contribution in [0.25, 0.3) is 0 Å². The molecule has 0 saturated carbocycles. The predicted molar refractivity (Wildman–Crippen MR) is 59.5 cm³/mol. The van der Waals surface area contributed by atoms with E-state index in [4.69, 9.17) is 10.1 Å². The minimum atomic E-state index is -0.0755. The first-order valence-corrected chi connectivity index (χ1v) is 4.93. The van der Waals surface area contributed by atoms with Crippen molar-refractivity contribution >= 4 is 11.7 Å². The molecule has 0 spiro atoms. The number of carbonyl (C=O) groups is 1. The second kappa shape index (κ2) is 5.29. The number of hydrogen-bond donors (Lipinski definition) is 1. The van der Waals surface area contributed by atoms with E-state index in [2.05, 4.69) is 0 Å². The Hall–Kier alpha value is -1.64. The van der Waals surface area contributed by atoms with Crippen molar-refractivity contribution in [1.29, 1.82) is 5.41 Å². The minimum Gasteiger partial charge on any atom is -0.481 e. The van der Waals surface area contributed by atoms with Crippen molar-refractivity contribution in [3.05, 3.63) is 35.4 Å². The van der Waals surface area contributed by atoms with Crippen LogP contribution in [0.2, 0.25) is 0 Å². The summed E-state index contributed by atoms with van der Waals surface area (Å²) in [7, 11) is 0. The van der Waals surface area contributed by atoms with E-state index >= 15 is 0 Å². The van der Waals surface area contributed by atoms with Gasteiger partial charge in [0, 0.05) is 5.56 Å². The van der Waals surface area contributed by atoms with Crippen LogP contribution >= 0.6 is 0 Å². The summed E-state index contributed by atoms with van der Waals surface area (Å²) in [6.45, 7) is 4.20. The highest BCUT2D eigenvalue weighted by atomic mass is 16.5. The molecule has 3 nitrogen and oxygen atoms in total. The second-order valence-electron chi connectivity index (χ2n) is 3.32. The highest BCUT2D eigenvalue weighted by Gasteiger charge is 2.09. The third kappa shape index (κ3) is 3.54. The van der Waals surface area contributed by atoms with E-state index in [9.17, 15) is 4.79 Å². The summed E-state index contributed by atoms with van der Waals surface area (Å²) < 4.78 is 4.92. The second-order valence-corrected chi connectivity index (χ2v) is 3.32. The van der Waals surface area contributed by atoms with Crippen LogP contribution in [0.4, 0.5) is 0 Å². The molecule has 1 N–H and O–H groups in total. The van der Waals surface area contributed by atoms with E-state index < -0.39 is 0 Å². The van der Waals surface area contributed by atoms with Crippen LogP contribution in [-0.2, 0) is 4.74 Å². The van der Waals surface area contributed by atoms with Crippen LogP contribution in [-0.4, -0.2) is 18.3 Å². The van der Waals surface area contributed by atoms with Crippen molar-refractivity contribution in [2.75, 3.05) is 6.61 Å². The Labute approximate surface area is 89.6 Å². The molecule has 0 aliphatic rings. The molecular weight excluding hydrogens is 190 g/mol. The maximum atomic E-state index is 11.6. The Bertz CT molecular complexity index is 354. The fourth-order valence-corrected chi connectivity index (χ4v) is 1.21. The number of aryl methyl sites for hydroxylation is 1. The fourth-order valence-electron chi connectivity index (χ4n) is 1.21. The van der Waals surface area contributed by atoms with E-state index in [1.807, 2.05) is 19.1 Å². The van der Waals surface area contributed by atoms with Gasteiger partial charge in [0.05, 0.1) is 13.0 Å². The number of ketones is 1. The largest absolute Gasteiger partial charge is 0.481 e. The molecule has 0 fully saturated rings. The zero-order valence-electron chi connectivity index (χ0n) is 9.04. The predicted octanol–water partition coefficient (Wildman–Crippen LogP) is 2.58. The highest BCUT2D eigenvalue weighted by molar-refractivity contribution is 6.06. The number of benzene rings is 1. The Balaban J connectivity index is 2.61. The molecular formula is C12H15NO2. The smallest absolute Gasteiger partial charge is 0.188 e. The van der Waals surface area contributed by atoms with Gasteiger partial charge in [-0.25, -0.2) is 0 Å². The summed E-state index contributed by atoms with van der Waals surface area (Å²) in [6, 6.07) is 7.32. The average molecular weight is 205 g/mol. The molecule has 0 aromatic heterocycles. The molecule has 1 aromatic rings. The molecule has 1 rings (SSSR count). The quantitative estimate of drug-likeness (QED) is 0.466. The maximum Gasteiger partial charge on any atom is 0.188 e. The number of carbonyl (C=O) groups excluding carboxylic acids is 1. The average Bonchev–Trinajstić information content (AvgIpc) is 2.18. The normalized spacial score (nSPS) is 9.73. The van der Waals surface area contributed by atoms with Crippen molar-refractivity contribution < 1.29 is 9.53 Å². The van der Waals surface area contributed by atoms with Crippen molar-refractivity contribution in [1.82, 2.24) is 0 Å². The molecule has 80 valence electrons. The molecule has 0 aliphatic heterocycles. The minimum absolute atomic E-state index is 0.0306. The number of rotatable bonds is 4. The van der Waals surface area contributed by atoms with Gasteiger partial charge in [-0.3, -0.25) is 10.2 Å². The first-order chi connectivity index (χ1) is 7.13. The molecule has 0 bridgehead atoms. The van der Waals surface area contributed by atoms with Crippen LogP contribution in [0, 0.1) is 12.3 Å². The summed E-state index contributed by atoms with van der Waals surface area (Å²) in [5.41, 5.74) is 1.75. The zero-order valence-corrected chi connectivity index (χ0v) is 9.04. The summed E-state index contributed by atoms with van der Waals surface area (Å²) in [6.07, 6.45) is 0.0386. The van der Waals surface area contributed by atoms with Crippen LogP contribution in [0.3, 0.4) is 0 Å². The lowest BCUT2D eigenvalue weighted by molar-refractivity contribution is 0.0993. The lowest BCUT2D eigenvalue weighted by Crippen LogP contribution is -2.10. The van der Waals surface area contributed by atoms with Gasteiger partial charge >= 0.3 is 0 Å². The van der Waals surface area contributed by atoms with Crippen molar-refractivity contribution in [3.8, 4) is 0 Å². The molecule has 0 aliphatic carbocycles. The van der Waals surface area contributed by atoms with E-state index in [-0.39, 0.29) is 18.1 Å². The number of nitrogens with one attached hydrogen (secondary N) is 1. The van der Waals surface area contributed by atoms with Crippen LogP contribution in [0.15, 0.2) is 24.3 Å². The highest BCUT2D eigenvalue weighted by Crippen LogP contribution is 2.06. The van der Waals surface area contributed by atoms with Gasteiger partial charge in [0.1, 0.15) is 0 Å². The van der Waals surface area contributed by atoms with Gasteiger partial charge in [0.2, 0.25) is 0 Å². The van der Waals surface area contributed by atoms with E-state index in [0.29, 0.717) is 12.2 Å². The van der Waals surface area contributed by atoms with E-state index in [1.165, 1.54) is 0 Å². The van der Waals surface area contributed by atoms with Gasteiger partial charge < -0.3 is 4.74 Å². The topological polar surface area (TPSA) is 50.1 Å². The Morgan fingerprint density at radius 1 is 1.33 bits per heavy atom. The molecule has 3 heteroatoms. The van der Waals surface area contributed by atoms with Crippen LogP contribution in [0.1, 0.15) is 29.3 Å². The number of hydrogen-bond acceptors (Lipinski definition) is 3. The number of Topliss-reactive ketones (excluding diaryl/α,β-unsaturated/α-hetero) is 1. The fraction of sp³-hybridized carbons (Fsp3) is 0.333. The van der Waals surface area contributed by atoms with Gasteiger partial charge in [0.15, 0.2) is 11.7 Å². The van der Waals surface area contributed by atoms with Crippen molar-refractivity contribution in [2.24, 2.45) is 0 Å². The number of ether oxygens (including phenoxy) is 1. The molecule has 0 unspecified atom stereocenters. The molecule has 0 saturated heterocycles. The SMILES string of the molecule is CCOC(=N)CC(=O)c1ccc(C)cc1. The molecule has 15 heavy (non-hydrogen) atoms. The third-order valence-corrected chi connectivity index (χ3v) is 2.01. The Morgan fingerprint density at radius 2 is 1.93 bits per heavy atom. The lowest BCUT2D eigenvalue weighted by Gasteiger charge is -2.04. The standard InChI is InChI=1S/C12H15NO2/c1-3-15-12(13)8-11(14)10-6-4-9(2)5-7-10/h4-7,13H,3,8H2,1-2H3. The first kappa shape index (κ1) is 11.4. The molecule has 0 radical (unpaired) electrons. The molecule has 0 atom stereocenters. The molecule has 1 aromatic carbocycles. The van der Waals surface area contributed by atoms with Crippen molar-refractivity contribution in [2.45, 2.75) is 20.3 Å².